The first-order valence-corrected chi connectivity index (χ1v) is 6.75. The van der Waals surface area contributed by atoms with E-state index >= 15 is 0 Å². The molecule has 0 aromatic heterocycles. The van der Waals surface area contributed by atoms with Crippen LogP contribution in [-0.4, -0.2) is 47.1 Å². The number of rotatable bonds is 7. The maximum absolute atomic E-state index is 12.3. The van der Waals surface area contributed by atoms with Gasteiger partial charge >= 0.3 is 0 Å². The molecule has 0 spiro atoms. The minimum absolute atomic E-state index is 0.166. The second kappa shape index (κ2) is 7.08. The standard InChI is InChI=1S/C15H22N2O4/c1-4-17(10-15(2,3)20)14(19)11-5-7-12(8-6-11)21-9-13(16)18/h5-8,20H,4,9-10H2,1-3H3,(H2,16,18). The molecular formula is C15H22N2O4. The van der Waals surface area contributed by atoms with E-state index in [1.54, 1.807) is 43.0 Å². The van der Waals surface area contributed by atoms with Crippen molar-refractivity contribution in [3.63, 3.8) is 0 Å². The van der Waals surface area contributed by atoms with Crippen LogP contribution in [0.3, 0.4) is 0 Å². The van der Waals surface area contributed by atoms with Crippen LogP contribution in [-0.2, 0) is 4.79 Å². The molecular weight excluding hydrogens is 272 g/mol. The van der Waals surface area contributed by atoms with Crippen molar-refractivity contribution in [3.05, 3.63) is 29.8 Å². The van der Waals surface area contributed by atoms with Gasteiger partial charge < -0.3 is 20.5 Å². The Balaban J connectivity index is 2.75. The molecule has 21 heavy (non-hydrogen) atoms. The number of carbonyl (C=O) groups is 2. The summed E-state index contributed by atoms with van der Waals surface area (Å²) in [7, 11) is 0. The number of aliphatic hydroxyl groups is 1. The van der Waals surface area contributed by atoms with Gasteiger partial charge in [0.05, 0.1) is 5.60 Å². The third-order valence-corrected chi connectivity index (χ3v) is 2.73. The first-order chi connectivity index (χ1) is 9.73. The fraction of sp³-hybridized carbons (Fsp3) is 0.467. The molecule has 0 atom stereocenters. The molecule has 0 bridgehead atoms. The predicted molar refractivity (Wildman–Crippen MR) is 79.0 cm³/mol. The van der Waals surface area contributed by atoms with Gasteiger partial charge in [-0.15, -0.1) is 0 Å². The molecule has 0 saturated heterocycles. The van der Waals surface area contributed by atoms with Gasteiger partial charge in [-0.1, -0.05) is 0 Å². The Bertz CT molecular complexity index is 491. The van der Waals surface area contributed by atoms with Crippen molar-refractivity contribution < 1.29 is 19.4 Å². The summed E-state index contributed by atoms with van der Waals surface area (Å²) in [6.45, 7) is 5.72. The van der Waals surface area contributed by atoms with Crippen molar-refractivity contribution in [2.75, 3.05) is 19.7 Å². The molecule has 0 heterocycles. The lowest BCUT2D eigenvalue weighted by Crippen LogP contribution is -2.42. The van der Waals surface area contributed by atoms with Gasteiger partial charge in [0.15, 0.2) is 6.61 Å². The fourth-order valence-electron chi connectivity index (χ4n) is 1.83. The van der Waals surface area contributed by atoms with Crippen LogP contribution in [0, 0.1) is 0 Å². The summed E-state index contributed by atoms with van der Waals surface area (Å²) in [5.74, 6) is -0.255. The average molecular weight is 294 g/mol. The van der Waals surface area contributed by atoms with E-state index < -0.39 is 11.5 Å². The lowest BCUT2D eigenvalue weighted by molar-refractivity contribution is -0.119. The molecule has 0 aliphatic heterocycles. The Labute approximate surface area is 124 Å². The van der Waals surface area contributed by atoms with E-state index in [4.69, 9.17) is 10.5 Å². The summed E-state index contributed by atoms with van der Waals surface area (Å²) in [4.78, 5) is 24.5. The summed E-state index contributed by atoms with van der Waals surface area (Å²) >= 11 is 0. The number of hydrogen-bond acceptors (Lipinski definition) is 4. The zero-order chi connectivity index (χ0) is 16.0. The summed E-state index contributed by atoms with van der Waals surface area (Å²) in [5, 5.41) is 9.82. The Hall–Kier alpha value is -2.08. The topological polar surface area (TPSA) is 92.9 Å². The van der Waals surface area contributed by atoms with Gasteiger partial charge in [0.25, 0.3) is 11.8 Å². The Morgan fingerprint density at radius 1 is 1.29 bits per heavy atom. The van der Waals surface area contributed by atoms with E-state index in [1.807, 2.05) is 6.92 Å². The van der Waals surface area contributed by atoms with Crippen molar-refractivity contribution in [1.82, 2.24) is 4.90 Å². The van der Waals surface area contributed by atoms with Crippen LogP contribution in [0.25, 0.3) is 0 Å². The number of hydrogen-bond donors (Lipinski definition) is 2. The van der Waals surface area contributed by atoms with Crippen LogP contribution in [0.1, 0.15) is 31.1 Å². The number of carbonyl (C=O) groups excluding carboxylic acids is 2. The second-order valence-corrected chi connectivity index (χ2v) is 5.41. The van der Waals surface area contributed by atoms with Crippen molar-refractivity contribution in [2.24, 2.45) is 5.73 Å². The molecule has 0 aliphatic carbocycles. The van der Waals surface area contributed by atoms with Crippen molar-refractivity contribution in [1.29, 1.82) is 0 Å². The van der Waals surface area contributed by atoms with Crippen LogP contribution in [0.15, 0.2) is 24.3 Å². The molecule has 6 nitrogen and oxygen atoms in total. The largest absolute Gasteiger partial charge is 0.484 e. The number of benzene rings is 1. The molecule has 1 aromatic rings. The van der Waals surface area contributed by atoms with Crippen LogP contribution in [0.5, 0.6) is 5.75 Å². The number of nitrogens with zero attached hydrogens (tertiary/aromatic N) is 1. The van der Waals surface area contributed by atoms with E-state index in [1.165, 1.54) is 0 Å². The summed E-state index contributed by atoms with van der Waals surface area (Å²) in [6, 6.07) is 6.44. The van der Waals surface area contributed by atoms with Crippen molar-refractivity contribution in [3.8, 4) is 5.75 Å². The normalized spacial score (nSPS) is 11.0. The molecule has 6 heteroatoms. The van der Waals surface area contributed by atoms with E-state index in [2.05, 4.69) is 0 Å². The van der Waals surface area contributed by atoms with Gasteiger partial charge in [0.2, 0.25) is 0 Å². The number of ether oxygens (including phenoxy) is 1. The van der Waals surface area contributed by atoms with Crippen LogP contribution in [0.4, 0.5) is 0 Å². The van der Waals surface area contributed by atoms with Crippen molar-refractivity contribution in [2.45, 2.75) is 26.4 Å². The van der Waals surface area contributed by atoms with Crippen LogP contribution < -0.4 is 10.5 Å². The minimum atomic E-state index is -0.948. The molecule has 2 amide bonds. The lowest BCUT2D eigenvalue weighted by atomic mass is 10.1. The van der Waals surface area contributed by atoms with Gasteiger partial charge in [0, 0.05) is 18.7 Å². The number of amides is 2. The highest BCUT2D eigenvalue weighted by Gasteiger charge is 2.22. The molecule has 1 aromatic carbocycles. The molecule has 3 N–H and O–H groups in total. The maximum atomic E-state index is 12.3. The first kappa shape index (κ1) is 17.0. The van der Waals surface area contributed by atoms with Crippen LogP contribution >= 0.6 is 0 Å². The number of likely N-dealkylation sites (N-methyl/N-ethyl adjacent to an activating group) is 1. The second-order valence-electron chi connectivity index (χ2n) is 5.41. The molecule has 0 fully saturated rings. The summed E-state index contributed by atoms with van der Waals surface area (Å²) < 4.78 is 5.13. The van der Waals surface area contributed by atoms with E-state index in [-0.39, 0.29) is 19.1 Å². The number of nitrogens with two attached hydrogens (primary N) is 1. The number of primary amides is 1. The maximum Gasteiger partial charge on any atom is 0.255 e. The Morgan fingerprint density at radius 3 is 2.29 bits per heavy atom. The summed E-state index contributed by atoms with van der Waals surface area (Å²) in [6.07, 6.45) is 0. The monoisotopic (exact) mass is 294 g/mol. The molecule has 1 rings (SSSR count). The highest BCUT2D eigenvalue weighted by molar-refractivity contribution is 5.94. The van der Waals surface area contributed by atoms with E-state index in [0.29, 0.717) is 17.9 Å². The molecule has 0 unspecified atom stereocenters. The molecule has 0 radical (unpaired) electrons. The quantitative estimate of drug-likeness (QED) is 0.777. The average Bonchev–Trinajstić information content (AvgIpc) is 2.41. The van der Waals surface area contributed by atoms with Gasteiger partial charge in [-0.3, -0.25) is 9.59 Å². The van der Waals surface area contributed by atoms with Crippen LogP contribution in [0.2, 0.25) is 0 Å². The van der Waals surface area contributed by atoms with Gasteiger partial charge in [-0.2, -0.15) is 0 Å². The molecule has 0 saturated carbocycles. The van der Waals surface area contributed by atoms with Gasteiger partial charge in [-0.25, -0.2) is 0 Å². The first-order valence-electron chi connectivity index (χ1n) is 6.75. The molecule has 0 aliphatic rings. The summed E-state index contributed by atoms with van der Waals surface area (Å²) in [5.41, 5.74) is 4.53. The smallest absolute Gasteiger partial charge is 0.255 e. The van der Waals surface area contributed by atoms with Gasteiger partial charge in [0.1, 0.15) is 5.75 Å². The molecule has 116 valence electrons. The minimum Gasteiger partial charge on any atom is -0.484 e. The Kier molecular flexibility index (Phi) is 5.72. The zero-order valence-corrected chi connectivity index (χ0v) is 12.6. The third kappa shape index (κ3) is 5.83. The lowest BCUT2D eigenvalue weighted by Gasteiger charge is -2.28. The van der Waals surface area contributed by atoms with Crippen molar-refractivity contribution >= 4 is 11.8 Å². The fourth-order valence-corrected chi connectivity index (χ4v) is 1.83. The van der Waals surface area contributed by atoms with Gasteiger partial charge in [-0.05, 0) is 45.0 Å². The highest BCUT2D eigenvalue weighted by Crippen LogP contribution is 2.15. The van der Waals surface area contributed by atoms with E-state index in [9.17, 15) is 14.7 Å². The SMILES string of the molecule is CCN(CC(C)(C)O)C(=O)c1ccc(OCC(N)=O)cc1. The Morgan fingerprint density at radius 2 is 1.86 bits per heavy atom. The predicted octanol–water partition coefficient (Wildman–Crippen LogP) is 0.784. The third-order valence-electron chi connectivity index (χ3n) is 2.73. The van der Waals surface area contributed by atoms with E-state index in [0.717, 1.165) is 0 Å². The highest BCUT2D eigenvalue weighted by atomic mass is 16.5. The zero-order valence-electron chi connectivity index (χ0n) is 12.6.